The average molecular weight is 818 g/mol. The van der Waals surface area contributed by atoms with Crippen LogP contribution in [0.5, 0.6) is 0 Å². The number of carbonyl (C=O) groups excluding carboxylic acids is 4. The van der Waals surface area contributed by atoms with Crippen LogP contribution in [0.15, 0.2) is 65.8 Å². The minimum atomic E-state index is -3.93. The van der Waals surface area contributed by atoms with Gasteiger partial charge >= 0.3 is 12.2 Å². The molecule has 0 bridgehead atoms. The predicted octanol–water partition coefficient (Wildman–Crippen LogP) is 5.36. The summed E-state index contributed by atoms with van der Waals surface area (Å²) in [6.45, 7) is 8.51. The third-order valence-electron chi connectivity index (χ3n) is 10.6. The van der Waals surface area contributed by atoms with Gasteiger partial charge in [-0.25, -0.2) is 28.0 Å². The van der Waals surface area contributed by atoms with E-state index in [4.69, 9.17) is 9.47 Å². The summed E-state index contributed by atoms with van der Waals surface area (Å²) < 4.78 is 38.9. The van der Waals surface area contributed by atoms with Gasteiger partial charge in [0.1, 0.15) is 23.7 Å². The van der Waals surface area contributed by atoms with Gasteiger partial charge in [0, 0.05) is 18.8 Å². The maximum Gasteiger partial charge on any atom is 0.407 e. The summed E-state index contributed by atoms with van der Waals surface area (Å²) in [5, 5.41) is 5.30. The summed E-state index contributed by atoms with van der Waals surface area (Å²) in [4.78, 5) is 70.2. The molecule has 310 valence electrons. The standard InChI is InChI=1S/C40H51N9O8S/c1-23(2)33(45-39(52)56-5)37(50)48-19-7-9-31(48)35-41-21-29(43-35)25-11-15-27(16-12-25)47-58(54,55)28-17-13-26(14-18-28)30-22-42-36(44-30)32-10-8-20-49(32)38(51)34(24(3)4)46-40(53)57-6/h11-18,21-24,31-34,47H,7-10,19-20H2,1-6H3,(H,41,43)(H,42,44)(H,45,52)(H,46,53)/t31-,32-,33-,34-/m0/s1. The number of ether oxygens (including phenoxy) is 2. The zero-order chi connectivity index (χ0) is 41.7. The first-order valence-corrected chi connectivity index (χ1v) is 20.8. The van der Waals surface area contributed by atoms with E-state index in [1.54, 1.807) is 58.6 Å². The van der Waals surface area contributed by atoms with Crippen LogP contribution in [0.1, 0.15) is 77.1 Å². The second kappa shape index (κ2) is 17.7. The summed E-state index contributed by atoms with van der Waals surface area (Å²) in [5.41, 5.74) is 3.23. The number of likely N-dealkylation sites (tertiary alicyclic amines) is 2. The van der Waals surface area contributed by atoms with Crippen molar-refractivity contribution in [2.45, 2.75) is 82.4 Å². The minimum absolute atomic E-state index is 0.0702. The highest BCUT2D eigenvalue weighted by Crippen LogP contribution is 2.35. The van der Waals surface area contributed by atoms with Crippen LogP contribution in [0, 0.1) is 11.8 Å². The highest BCUT2D eigenvalue weighted by atomic mass is 32.2. The van der Waals surface area contributed by atoms with Crippen LogP contribution in [0.4, 0.5) is 15.3 Å². The molecular weight excluding hydrogens is 767 g/mol. The Bertz CT molecular complexity index is 2200. The number of hydrogen-bond acceptors (Lipinski definition) is 10. The fraction of sp³-hybridized carbons (Fsp3) is 0.450. The fourth-order valence-corrected chi connectivity index (χ4v) is 8.50. The minimum Gasteiger partial charge on any atom is -0.453 e. The van der Waals surface area contributed by atoms with Gasteiger partial charge in [-0.3, -0.25) is 14.3 Å². The molecule has 0 spiro atoms. The van der Waals surface area contributed by atoms with Gasteiger partial charge < -0.3 is 39.9 Å². The number of carbonyl (C=O) groups is 4. The Morgan fingerprint density at radius 2 is 1.10 bits per heavy atom. The van der Waals surface area contributed by atoms with Crippen molar-refractivity contribution in [3.63, 3.8) is 0 Å². The summed E-state index contributed by atoms with van der Waals surface area (Å²) in [5.74, 6) is 0.525. The lowest BCUT2D eigenvalue weighted by Gasteiger charge is -2.30. The molecule has 2 aromatic carbocycles. The number of methoxy groups -OCH3 is 2. The first-order chi connectivity index (χ1) is 27.7. The number of sulfonamides is 1. The Balaban J connectivity index is 1.08. The van der Waals surface area contributed by atoms with E-state index >= 15 is 0 Å². The summed E-state index contributed by atoms with van der Waals surface area (Å²) in [6.07, 6.45) is 5.00. The van der Waals surface area contributed by atoms with Gasteiger partial charge in [-0.15, -0.1) is 0 Å². The molecule has 2 fully saturated rings. The van der Waals surface area contributed by atoms with Crippen molar-refractivity contribution < 1.29 is 37.1 Å². The second-order valence-electron chi connectivity index (χ2n) is 15.2. The van der Waals surface area contributed by atoms with Crippen molar-refractivity contribution in [3.8, 4) is 22.5 Å². The maximum absolute atomic E-state index is 13.5. The maximum atomic E-state index is 13.5. The Hall–Kier alpha value is -5.91. The molecule has 2 saturated heterocycles. The Labute approximate surface area is 337 Å². The van der Waals surface area contributed by atoms with Gasteiger partial charge in [0.15, 0.2) is 0 Å². The van der Waals surface area contributed by atoms with Gasteiger partial charge in [-0.2, -0.15) is 0 Å². The molecule has 2 aromatic heterocycles. The molecule has 4 atom stereocenters. The van der Waals surface area contributed by atoms with Crippen molar-refractivity contribution in [3.05, 3.63) is 72.6 Å². The molecule has 5 N–H and O–H groups in total. The molecule has 2 aliphatic rings. The smallest absolute Gasteiger partial charge is 0.407 e. The highest BCUT2D eigenvalue weighted by molar-refractivity contribution is 7.92. The Kier molecular flexibility index (Phi) is 12.7. The van der Waals surface area contributed by atoms with E-state index in [2.05, 4.69) is 35.3 Å². The zero-order valence-corrected chi connectivity index (χ0v) is 34.3. The number of aromatic amines is 2. The van der Waals surface area contributed by atoms with E-state index in [9.17, 15) is 27.6 Å². The van der Waals surface area contributed by atoms with Crippen LogP contribution in [0.2, 0.25) is 0 Å². The lowest BCUT2D eigenvalue weighted by molar-refractivity contribution is -0.136. The topological polar surface area (TPSA) is 221 Å². The Morgan fingerprint density at radius 3 is 1.50 bits per heavy atom. The molecule has 4 aromatic rings. The number of benzene rings is 2. The normalized spacial score (nSPS) is 17.9. The van der Waals surface area contributed by atoms with Crippen LogP contribution < -0.4 is 15.4 Å². The van der Waals surface area contributed by atoms with Gasteiger partial charge in [-0.05, 0) is 72.9 Å². The highest BCUT2D eigenvalue weighted by Gasteiger charge is 2.39. The average Bonchev–Trinajstić information content (AvgIpc) is 4.05. The monoisotopic (exact) mass is 817 g/mol. The molecule has 0 aliphatic carbocycles. The Morgan fingerprint density at radius 1 is 0.690 bits per heavy atom. The van der Waals surface area contributed by atoms with Crippen LogP contribution in [-0.2, 0) is 29.1 Å². The molecule has 4 heterocycles. The van der Waals surface area contributed by atoms with E-state index in [1.807, 2.05) is 27.7 Å². The van der Waals surface area contributed by atoms with E-state index in [1.165, 1.54) is 26.4 Å². The number of amides is 4. The largest absolute Gasteiger partial charge is 0.453 e. The van der Waals surface area contributed by atoms with Gasteiger partial charge in [-0.1, -0.05) is 52.0 Å². The fourth-order valence-electron chi connectivity index (χ4n) is 7.44. The van der Waals surface area contributed by atoms with Crippen molar-refractivity contribution in [2.24, 2.45) is 11.8 Å². The van der Waals surface area contributed by atoms with Crippen molar-refractivity contribution in [1.29, 1.82) is 0 Å². The molecule has 58 heavy (non-hydrogen) atoms. The third-order valence-corrected chi connectivity index (χ3v) is 12.0. The molecule has 6 rings (SSSR count). The van der Waals surface area contributed by atoms with Crippen LogP contribution >= 0.6 is 0 Å². The van der Waals surface area contributed by atoms with Crippen molar-refractivity contribution in [1.82, 2.24) is 40.4 Å². The molecule has 18 heteroatoms. The number of H-pyrrole nitrogens is 2. The quantitative estimate of drug-likeness (QED) is 0.116. The van der Waals surface area contributed by atoms with E-state index in [0.717, 1.165) is 18.4 Å². The summed E-state index contributed by atoms with van der Waals surface area (Å²) >= 11 is 0. The lowest BCUT2D eigenvalue weighted by atomic mass is 10.0. The second-order valence-corrected chi connectivity index (χ2v) is 16.8. The van der Waals surface area contributed by atoms with Gasteiger partial charge in [0.2, 0.25) is 11.8 Å². The lowest BCUT2D eigenvalue weighted by Crippen LogP contribution is -2.51. The van der Waals surface area contributed by atoms with Gasteiger partial charge in [0.05, 0.1) is 55.0 Å². The molecule has 17 nitrogen and oxygen atoms in total. The van der Waals surface area contributed by atoms with Crippen molar-refractivity contribution in [2.75, 3.05) is 32.0 Å². The molecule has 0 unspecified atom stereocenters. The number of nitrogens with one attached hydrogen (secondary N) is 5. The SMILES string of the molecule is COC(=O)N[C@H](C(=O)N1CCC[C@H]1c1ncc(-c2ccc(NS(=O)(=O)c3ccc(-c4cnc([C@@H]5CCCN5C(=O)[C@@H](NC(=O)OC)C(C)C)[nH]4)cc3)cc2)[nH]1)C(C)C. The molecular formula is C40H51N9O8S. The number of nitrogens with zero attached hydrogens (tertiary/aromatic N) is 4. The van der Waals surface area contributed by atoms with E-state index < -0.39 is 34.3 Å². The van der Waals surface area contributed by atoms with E-state index in [0.29, 0.717) is 60.2 Å². The zero-order valence-electron chi connectivity index (χ0n) is 33.4. The first-order valence-electron chi connectivity index (χ1n) is 19.3. The molecule has 0 radical (unpaired) electrons. The molecule has 0 saturated carbocycles. The first kappa shape index (κ1) is 41.7. The molecule has 2 aliphatic heterocycles. The van der Waals surface area contributed by atoms with Crippen molar-refractivity contribution >= 4 is 39.7 Å². The number of alkyl carbamates (subject to hydrolysis) is 2. The number of imidazole rings is 2. The summed E-state index contributed by atoms with van der Waals surface area (Å²) in [6, 6.07) is 11.2. The summed E-state index contributed by atoms with van der Waals surface area (Å²) in [7, 11) is -1.42. The molecule has 4 amide bonds. The number of hydrogen-bond donors (Lipinski definition) is 5. The number of rotatable bonds is 13. The van der Waals surface area contributed by atoms with Crippen LogP contribution in [0.25, 0.3) is 22.5 Å². The van der Waals surface area contributed by atoms with Crippen LogP contribution in [0.3, 0.4) is 0 Å². The predicted molar refractivity (Wildman–Crippen MR) is 215 cm³/mol. The number of aromatic nitrogens is 4. The van der Waals surface area contributed by atoms with E-state index in [-0.39, 0.29) is 40.6 Å². The van der Waals surface area contributed by atoms with Crippen LogP contribution in [-0.4, -0.2) is 102 Å². The number of anilines is 1. The van der Waals surface area contributed by atoms with Gasteiger partial charge in [0.25, 0.3) is 10.0 Å². The third kappa shape index (κ3) is 9.11.